The summed E-state index contributed by atoms with van der Waals surface area (Å²) in [5.41, 5.74) is 8.51. The second-order valence-electron chi connectivity index (χ2n) is 5.27. The Morgan fingerprint density at radius 3 is 2.88 bits per heavy atom. The highest BCUT2D eigenvalue weighted by atomic mass is 15.3. The third kappa shape index (κ3) is 2.53. The number of hydrogen-bond acceptors (Lipinski definition) is 3. The lowest BCUT2D eigenvalue weighted by atomic mass is 9.90. The number of aromatic nitrogens is 2. The van der Waals surface area contributed by atoms with E-state index in [0.29, 0.717) is 12.0 Å². The van der Waals surface area contributed by atoms with Gasteiger partial charge in [0.05, 0.1) is 6.20 Å². The smallest absolute Gasteiger partial charge is 0.0537 e. The van der Waals surface area contributed by atoms with Crippen LogP contribution in [0, 0.1) is 12.8 Å². The van der Waals surface area contributed by atoms with E-state index in [4.69, 9.17) is 5.73 Å². The summed E-state index contributed by atoms with van der Waals surface area (Å²) >= 11 is 0. The first-order chi connectivity index (χ1) is 8.13. The van der Waals surface area contributed by atoms with Crippen LogP contribution >= 0.6 is 0 Å². The standard InChI is InChI=1S/C13H24N4/c1-10-5-4-6-17(13(10)7-14)9-12-8-15-16(3)11(12)2/h8,10,13H,4-7,9,14H2,1-3H3. The van der Waals surface area contributed by atoms with Gasteiger partial charge in [0, 0.05) is 37.4 Å². The zero-order valence-electron chi connectivity index (χ0n) is 11.2. The molecule has 0 bridgehead atoms. The molecule has 2 heterocycles. The molecule has 4 heteroatoms. The lowest BCUT2D eigenvalue weighted by Gasteiger charge is -2.39. The molecule has 0 radical (unpaired) electrons. The molecule has 1 aliphatic heterocycles. The second-order valence-corrected chi connectivity index (χ2v) is 5.27. The Morgan fingerprint density at radius 1 is 1.53 bits per heavy atom. The summed E-state index contributed by atoms with van der Waals surface area (Å²) < 4.78 is 1.94. The van der Waals surface area contributed by atoms with Gasteiger partial charge < -0.3 is 5.73 Å². The van der Waals surface area contributed by atoms with Crippen LogP contribution in [0.5, 0.6) is 0 Å². The molecule has 2 atom stereocenters. The van der Waals surface area contributed by atoms with E-state index >= 15 is 0 Å². The van der Waals surface area contributed by atoms with E-state index in [9.17, 15) is 0 Å². The maximum Gasteiger partial charge on any atom is 0.0537 e. The van der Waals surface area contributed by atoms with Gasteiger partial charge in [-0.3, -0.25) is 9.58 Å². The molecule has 96 valence electrons. The predicted octanol–water partition coefficient (Wildman–Crippen LogP) is 1.29. The number of rotatable bonds is 3. The summed E-state index contributed by atoms with van der Waals surface area (Å²) in [6, 6.07) is 0.531. The van der Waals surface area contributed by atoms with Gasteiger partial charge >= 0.3 is 0 Å². The van der Waals surface area contributed by atoms with Crippen molar-refractivity contribution in [3.63, 3.8) is 0 Å². The molecule has 0 saturated carbocycles. The minimum atomic E-state index is 0.531. The van der Waals surface area contributed by atoms with Crippen LogP contribution in [0.1, 0.15) is 31.0 Å². The van der Waals surface area contributed by atoms with Gasteiger partial charge in [-0.05, 0) is 32.2 Å². The van der Waals surface area contributed by atoms with Gasteiger partial charge in [0.25, 0.3) is 0 Å². The van der Waals surface area contributed by atoms with Gasteiger partial charge in [-0.2, -0.15) is 5.10 Å². The fraction of sp³-hybridized carbons (Fsp3) is 0.769. The molecule has 2 rings (SSSR count). The van der Waals surface area contributed by atoms with E-state index in [0.717, 1.165) is 13.1 Å². The lowest BCUT2D eigenvalue weighted by Crippen LogP contribution is -2.48. The quantitative estimate of drug-likeness (QED) is 0.860. The van der Waals surface area contributed by atoms with Crippen LogP contribution in [0.25, 0.3) is 0 Å². The molecule has 1 aliphatic rings. The van der Waals surface area contributed by atoms with E-state index in [1.54, 1.807) is 0 Å². The molecule has 1 fully saturated rings. The Kier molecular flexibility index (Phi) is 3.84. The highest BCUT2D eigenvalue weighted by Gasteiger charge is 2.27. The van der Waals surface area contributed by atoms with Crippen molar-refractivity contribution in [2.24, 2.45) is 18.7 Å². The van der Waals surface area contributed by atoms with Crippen molar-refractivity contribution >= 4 is 0 Å². The minimum Gasteiger partial charge on any atom is -0.329 e. The molecule has 1 saturated heterocycles. The average Bonchev–Trinajstić information content (AvgIpc) is 2.61. The van der Waals surface area contributed by atoms with Crippen molar-refractivity contribution in [3.8, 4) is 0 Å². The number of nitrogens with two attached hydrogens (primary N) is 1. The molecule has 2 N–H and O–H groups in total. The van der Waals surface area contributed by atoms with Crippen LogP contribution in [-0.4, -0.2) is 33.8 Å². The van der Waals surface area contributed by atoms with E-state index in [1.807, 2.05) is 17.9 Å². The summed E-state index contributed by atoms with van der Waals surface area (Å²) in [6.45, 7) is 7.37. The third-order valence-corrected chi connectivity index (χ3v) is 4.18. The SMILES string of the molecule is Cc1c(CN2CCCC(C)C2CN)cnn1C. The lowest BCUT2D eigenvalue weighted by molar-refractivity contribution is 0.0988. The highest BCUT2D eigenvalue weighted by Crippen LogP contribution is 2.24. The van der Waals surface area contributed by atoms with E-state index in [1.165, 1.54) is 30.6 Å². The Labute approximate surface area is 104 Å². The van der Waals surface area contributed by atoms with Crippen LogP contribution in [-0.2, 0) is 13.6 Å². The molecule has 0 spiro atoms. The van der Waals surface area contributed by atoms with Gasteiger partial charge in [0.1, 0.15) is 0 Å². The highest BCUT2D eigenvalue weighted by molar-refractivity contribution is 5.16. The molecule has 0 aliphatic carbocycles. The largest absolute Gasteiger partial charge is 0.329 e. The molecular weight excluding hydrogens is 212 g/mol. The molecule has 0 amide bonds. The van der Waals surface area contributed by atoms with Crippen LogP contribution in [0.15, 0.2) is 6.20 Å². The fourth-order valence-corrected chi connectivity index (χ4v) is 2.83. The predicted molar refractivity (Wildman–Crippen MR) is 69.6 cm³/mol. The molecule has 1 aromatic rings. The van der Waals surface area contributed by atoms with Crippen LogP contribution < -0.4 is 5.73 Å². The maximum atomic E-state index is 5.92. The Hall–Kier alpha value is -0.870. The summed E-state index contributed by atoms with van der Waals surface area (Å²) in [7, 11) is 2.00. The first kappa shape index (κ1) is 12.6. The second kappa shape index (κ2) is 5.19. The van der Waals surface area contributed by atoms with Gasteiger partial charge in [0.15, 0.2) is 0 Å². The summed E-state index contributed by atoms with van der Waals surface area (Å²) in [4.78, 5) is 2.53. The van der Waals surface area contributed by atoms with E-state index in [-0.39, 0.29) is 0 Å². The van der Waals surface area contributed by atoms with Crippen LogP contribution in [0.3, 0.4) is 0 Å². The third-order valence-electron chi connectivity index (χ3n) is 4.18. The molecule has 2 unspecified atom stereocenters. The summed E-state index contributed by atoms with van der Waals surface area (Å²) in [5.74, 6) is 0.714. The van der Waals surface area contributed by atoms with E-state index in [2.05, 4.69) is 23.8 Å². The number of piperidine rings is 1. The first-order valence-corrected chi connectivity index (χ1v) is 6.55. The van der Waals surface area contributed by atoms with Gasteiger partial charge in [-0.1, -0.05) is 6.92 Å². The molecule has 17 heavy (non-hydrogen) atoms. The van der Waals surface area contributed by atoms with E-state index < -0.39 is 0 Å². The zero-order valence-corrected chi connectivity index (χ0v) is 11.2. The topological polar surface area (TPSA) is 47.1 Å². The number of aryl methyl sites for hydroxylation is 1. The van der Waals surface area contributed by atoms with Gasteiger partial charge in [-0.25, -0.2) is 0 Å². The minimum absolute atomic E-state index is 0.531. The van der Waals surface area contributed by atoms with Crippen molar-refractivity contribution in [1.82, 2.24) is 14.7 Å². The average molecular weight is 236 g/mol. The normalized spacial score (nSPS) is 26.4. The van der Waals surface area contributed by atoms with Gasteiger partial charge in [0.2, 0.25) is 0 Å². The maximum absolute atomic E-state index is 5.92. The zero-order chi connectivity index (χ0) is 12.4. The van der Waals surface area contributed by atoms with Crippen molar-refractivity contribution in [2.75, 3.05) is 13.1 Å². The summed E-state index contributed by atoms with van der Waals surface area (Å²) in [6.07, 6.45) is 4.59. The monoisotopic (exact) mass is 236 g/mol. The number of likely N-dealkylation sites (tertiary alicyclic amines) is 1. The molecular formula is C13H24N4. The van der Waals surface area contributed by atoms with Crippen LogP contribution in [0.2, 0.25) is 0 Å². The number of hydrogen-bond donors (Lipinski definition) is 1. The molecule has 0 aromatic carbocycles. The van der Waals surface area contributed by atoms with Crippen molar-refractivity contribution < 1.29 is 0 Å². The van der Waals surface area contributed by atoms with Gasteiger partial charge in [-0.15, -0.1) is 0 Å². The Balaban J connectivity index is 2.09. The Bertz CT molecular complexity index is 371. The van der Waals surface area contributed by atoms with Crippen molar-refractivity contribution in [3.05, 3.63) is 17.5 Å². The number of nitrogens with zero attached hydrogens (tertiary/aromatic N) is 3. The van der Waals surface area contributed by atoms with Crippen molar-refractivity contribution in [1.29, 1.82) is 0 Å². The fourth-order valence-electron chi connectivity index (χ4n) is 2.83. The summed E-state index contributed by atoms with van der Waals surface area (Å²) in [5, 5.41) is 4.31. The van der Waals surface area contributed by atoms with Crippen molar-refractivity contribution in [2.45, 2.75) is 39.3 Å². The van der Waals surface area contributed by atoms with Crippen LogP contribution in [0.4, 0.5) is 0 Å². The molecule has 4 nitrogen and oxygen atoms in total. The first-order valence-electron chi connectivity index (χ1n) is 6.55. The molecule has 1 aromatic heterocycles. The Morgan fingerprint density at radius 2 is 2.29 bits per heavy atom.